The minimum absolute atomic E-state index is 0.364. The molecule has 3 rings (SSSR count). The third kappa shape index (κ3) is 5.04. The van der Waals surface area contributed by atoms with Crippen LogP contribution in [0.25, 0.3) is 0 Å². The number of nitrogens with zero attached hydrogens (tertiary/aromatic N) is 2. The molecule has 0 bridgehead atoms. The Morgan fingerprint density at radius 2 is 1.92 bits per heavy atom. The van der Waals surface area contributed by atoms with Gasteiger partial charge in [0.1, 0.15) is 0 Å². The first-order valence-corrected chi connectivity index (χ1v) is 10.4. The Hall–Kier alpha value is -1.47. The topological polar surface area (TPSA) is 30.5 Å². The molecule has 0 saturated carbocycles. The predicted molar refractivity (Wildman–Crippen MR) is 116 cm³/mol. The van der Waals surface area contributed by atoms with Crippen molar-refractivity contribution in [3.8, 4) is 0 Å². The van der Waals surface area contributed by atoms with Gasteiger partial charge in [0, 0.05) is 43.3 Å². The van der Waals surface area contributed by atoms with Gasteiger partial charge in [-0.1, -0.05) is 12.1 Å². The highest BCUT2D eigenvalue weighted by Crippen LogP contribution is 2.25. The Morgan fingerprint density at radius 3 is 2.58 bits per heavy atom. The zero-order valence-electron chi connectivity index (χ0n) is 15.8. The van der Waals surface area contributed by atoms with Gasteiger partial charge >= 0.3 is 0 Å². The van der Waals surface area contributed by atoms with Gasteiger partial charge in [0.15, 0.2) is 5.11 Å². The monoisotopic (exact) mass is 388 g/mol. The van der Waals surface area contributed by atoms with Crippen LogP contribution in [0.15, 0.2) is 35.7 Å². The van der Waals surface area contributed by atoms with Crippen LogP contribution in [0.5, 0.6) is 0 Å². The summed E-state index contributed by atoms with van der Waals surface area (Å²) in [5.74, 6) is 0. The van der Waals surface area contributed by atoms with Crippen LogP contribution >= 0.6 is 23.6 Å². The molecule has 2 heterocycles. The summed E-state index contributed by atoms with van der Waals surface area (Å²) >= 11 is 7.36. The van der Waals surface area contributed by atoms with Gasteiger partial charge in [-0.25, -0.2) is 0 Å². The van der Waals surface area contributed by atoms with Crippen LogP contribution in [0.2, 0.25) is 0 Å². The summed E-state index contributed by atoms with van der Waals surface area (Å²) in [5.41, 5.74) is 3.60. The maximum Gasteiger partial charge on any atom is 0.170 e. The Bertz CT molecular complexity index is 721. The Kier molecular flexibility index (Phi) is 6.64. The van der Waals surface area contributed by atoms with Crippen LogP contribution < -0.4 is 10.6 Å². The van der Waals surface area contributed by atoms with Gasteiger partial charge in [-0.05, 0) is 67.8 Å². The summed E-state index contributed by atoms with van der Waals surface area (Å²) in [6.45, 7) is 9.49. The highest BCUT2D eigenvalue weighted by Gasteiger charge is 2.24. The molecule has 1 aromatic carbocycles. The van der Waals surface area contributed by atoms with Gasteiger partial charge in [0.05, 0.1) is 6.04 Å². The number of rotatable bonds is 5. The third-order valence-corrected chi connectivity index (χ3v) is 6.29. The molecule has 140 valence electrons. The SMILES string of the molecule is Cc1ccc(NC(=S)NCC(c2cccs2)N2CCN(C)CC2)cc1C. The van der Waals surface area contributed by atoms with Crippen molar-refractivity contribution in [2.24, 2.45) is 0 Å². The predicted octanol–water partition coefficient (Wildman–Crippen LogP) is 3.64. The number of nitrogens with one attached hydrogen (secondary N) is 2. The fourth-order valence-electron chi connectivity index (χ4n) is 3.21. The van der Waals surface area contributed by atoms with Gasteiger partial charge in [-0.3, -0.25) is 4.90 Å². The smallest absolute Gasteiger partial charge is 0.170 e. The standard InChI is InChI=1S/C20H28N4S2/c1-15-6-7-17(13-16(15)2)22-20(25)21-14-18(19-5-4-12-26-19)24-10-8-23(3)9-11-24/h4-7,12-13,18H,8-11,14H2,1-3H3,(H2,21,22,25). The van der Waals surface area contributed by atoms with Gasteiger partial charge < -0.3 is 15.5 Å². The quantitative estimate of drug-likeness (QED) is 0.764. The average molecular weight is 389 g/mol. The van der Waals surface area contributed by atoms with E-state index in [1.807, 2.05) is 11.3 Å². The number of anilines is 1. The number of likely N-dealkylation sites (N-methyl/N-ethyl adjacent to an activating group) is 1. The molecule has 1 fully saturated rings. The van der Waals surface area contributed by atoms with Crippen molar-refractivity contribution in [2.75, 3.05) is 45.1 Å². The lowest BCUT2D eigenvalue weighted by Gasteiger charge is -2.37. The molecular weight excluding hydrogens is 360 g/mol. The molecule has 4 nitrogen and oxygen atoms in total. The number of hydrogen-bond donors (Lipinski definition) is 2. The van der Waals surface area contributed by atoms with E-state index in [1.165, 1.54) is 16.0 Å². The van der Waals surface area contributed by atoms with E-state index in [-0.39, 0.29) is 0 Å². The van der Waals surface area contributed by atoms with E-state index in [0.29, 0.717) is 11.2 Å². The highest BCUT2D eigenvalue weighted by molar-refractivity contribution is 7.80. The number of aryl methyl sites for hydroxylation is 2. The molecule has 26 heavy (non-hydrogen) atoms. The number of piperazine rings is 1. The second-order valence-corrected chi connectivity index (χ2v) is 8.39. The van der Waals surface area contributed by atoms with Gasteiger partial charge in [0.25, 0.3) is 0 Å². The van der Waals surface area contributed by atoms with E-state index < -0.39 is 0 Å². The number of hydrogen-bond acceptors (Lipinski definition) is 4. The van der Waals surface area contributed by atoms with Crippen LogP contribution in [0.1, 0.15) is 22.0 Å². The fourth-order valence-corrected chi connectivity index (χ4v) is 4.27. The second-order valence-electron chi connectivity index (χ2n) is 7.00. The molecule has 2 aromatic rings. The molecule has 1 aromatic heterocycles. The molecular formula is C20H28N4S2. The van der Waals surface area contributed by atoms with E-state index >= 15 is 0 Å². The summed E-state index contributed by atoms with van der Waals surface area (Å²) in [7, 11) is 2.19. The third-order valence-electron chi connectivity index (χ3n) is 5.07. The second kappa shape index (κ2) is 8.95. The Labute approximate surface area is 166 Å². The molecule has 0 amide bonds. The summed E-state index contributed by atoms with van der Waals surface area (Å²) in [4.78, 5) is 6.36. The molecule has 1 saturated heterocycles. The van der Waals surface area contributed by atoms with Crippen molar-refractivity contribution in [1.82, 2.24) is 15.1 Å². The maximum absolute atomic E-state index is 5.53. The number of thiophene rings is 1. The van der Waals surface area contributed by atoms with Crippen LogP contribution in [0, 0.1) is 13.8 Å². The minimum Gasteiger partial charge on any atom is -0.360 e. The molecule has 1 unspecified atom stereocenters. The summed E-state index contributed by atoms with van der Waals surface area (Å²) in [6, 6.07) is 11.1. The largest absolute Gasteiger partial charge is 0.360 e. The molecule has 0 spiro atoms. The molecule has 2 N–H and O–H groups in total. The summed E-state index contributed by atoms with van der Waals surface area (Å²) in [6.07, 6.45) is 0. The van der Waals surface area contributed by atoms with Crippen molar-refractivity contribution in [1.29, 1.82) is 0 Å². The van der Waals surface area contributed by atoms with Crippen molar-refractivity contribution < 1.29 is 0 Å². The minimum atomic E-state index is 0.364. The Balaban J connectivity index is 1.60. The van der Waals surface area contributed by atoms with Crippen LogP contribution in [-0.4, -0.2) is 54.7 Å². The average Bonchev–Trinajstić information content (AvgIpc) is 3.14. The first-order chi connectivity index (χ1) is 12.5. The molecule has 1 aliphatic rings. The van der Waals surface area contributed by atoms with Crippen molar-refractivity contribution in [3.05, 3.63) is 51.7 Å². The maximum atomic E-state index is 5.53. The molecule has 1 atom stereocenters. The fraction of sp³-hybridized carbons (Fsp3) is 0.450. The normalized spacial score (nSPS) is 17.0. The van der Waals surface area contributed by atoms with Crippen molar-refractivity contribution in [2.45, 2.75) is 19.9 Å². The highest BCUT2D eigenvalue weighted by atomic mass is 32.1. The Morgan fingerprint density at radius 1 is 1.15 bits per heavy atom. The summed E-state index contributed by atoms with van der Waals surface area (Å²) in [5, 5.41) is 9.59. The van der Waals surface area contributed by atoms with E-state index in [0.717, 1.165) is 38.4 Å². The number of thiocarbonyl (C=S) groups is 1. The van der Waals surface area contributed by atoms with Crippen molar-refractivity contribution in [3.63, 3.8) is 0 Å². The van der Waals surface area contributed by atoms with Gasteiger partial charge in [-0.2, -0.15) is 0 Å². The van der Waals surface area contributed by atoms with E-state index in [4.69, 9.17) is 12.2 Å². The molecule has 0 aliphatic carbocycles. The van der Waals surface area contributed by atoms with Crippen LogP contribution in [0.3, 0.4) is 0 Å². The lowest BCUT2D eigenvalue weighted by atomic mass is 10.1. The zero-order valence-corrected chi connectivity index (χ0v) is 17.4. The zero-order chi connectivity index (χ0) is 18.5. The van der Waals surface area contributed by atoms with Gasteiger partial charge in [0.2, 0.25) is 0 Å². The molecule has 0 radical (unpaired) electrons. The van der Waals surface area contributed by atoms with Crippen LogP contribution in [-0.2, 0) is 0 Å². The lowest BCUT2D eigenvalue weighted by Crippen LogP contribution is -2.48. The van der Waals surface area contributed by atoms with E-state index in [1.54, 1.807) is 0 Å². The van der Waals surface area contributed by atoms with Gasteiger partial charge in [-0.15, -0.1) is 11.3 Å². The first kappa shape index (κ1) is 19.3. The molecule has 6 heteroatoms. The lowest BCUT2D eigenvalue weighted by molar-refractivity contribution is 0.114. The summed E-state index contributed by atoms with van der Waals surface area (Å²) < 4.78 is 0. The van der Waals surface area contributed by atoms with Crippen LogP contribution in [0.4, 0.5) is 5.69 Å². The first-order valence-electron chi connectivity index (χ1n) is 9.11. The molecule has 1 aliphatic heterocycles. The van der Waals surface area contributed by atoms with E-state index in [2.05, 4.69) is 77.0 Å². The number of benzene rings is 1. The van der Waals surface area contributed by atoms with Crippen molar-refractivity contribution >= 4 is 34.4 Å². The van der Waals surface area contributed by atoms with E-state index in [9.17, 15) is 0 Å².